The molecule has 32 heavy (non-hydrogen) atoms. The predicted molar refractivity (Wildman–Crippen MR) is 112 cm³/mol. The Kier molecular flexibility index (Phi) is 5.56. The van der Waals surface area contributed by atoms with E-state index in [9.17, 15) is 18.0 Å². The van der Waals surface area contributed by atoms with E-state index < -0.39 is 23.2 Å². The highest BCUT2D eigenvalue weighted by Crippen LogP contribution is 2.32. The molecule has 4 aromatic rings. The zero-order chi connectivity index (χ0) is 22.9. The second-order valence-corrected chi connectivity index (χ2v) is 7.31. The van der Waals surface area contributed by atoms with E-state index in [0.717, 1.165) is 23.4 Å². The van der Waals surface area contributed by atoms with Crippen molar-refractivity contribution in [2.75, 3.05) is 5.32 Å². The highest BCUT2D eigenvalue weighted by Gasteiger charge is 2.34. The zero-order valence-corrected chi connectivity index (χ0v) is 17.3. The Hall–Kier alpha value is -3.88. The van der Waals surface area contributed by atoms with Crippen LogP contribution in [0.3, 0.4) is 0 Å². The Bertz CT molecular complexity index is 1260. The molecule has 1 N–H and O–H groups in total. The summed E-state index contributed by atoms with van der Waals surface area (Å²) >= 11 is 0. The standard InChI is InChI=1S/C23H19F3N4O2/c1-14-11-27-30(12-14)13-20-15(2)32-22(29-20)16-7-9-17(10-8-16)28-21(31)18-5-3-4-6-19(18)23(24,25)26/h3-12H,13H2,1-2H3,(H,28,31). The van der Waals surface area contributed by atoms with Crippen molar-refractivity contribution in [3.05, 3.63) is 89.1 Å². The highest BCUT2D eigenvalue weighted by molar-refractivity contribution is 6.05. The Balaban J connectivity index is 1.50. The first kappa shape index (κ1) is 21.4. The Morgan fingerprint density at radius 1 is 1.09 bits per heavy atom. The number of alkyl halides is 3. The summed E-state index contributed by atoms with van der Waals surface area (Å²) in [5, 5.41) is 6.74. The largest absolute Gasteiger partial charge is 0.441 e. The number of nitrogens with one attached hydrogen (secondary N) is 1. The van der Waals surface area contributed by atoms with Crippen molar-refractivity contribution in [3.63, 3.8) is 0 Å². The van der Waals surface area contributed by atoms with Gasteiger partial charge < -0.3 is 9.73 Å². The van der Waals surface area contributed by atoms with Gasteiger partial charge in [-0.15, -0.1) is 0 Å². The Labute approximate surface area is 181 Å². The van der Waals surface area contributed by atoms with Crippen LogP contribution in [0.15, 0.2) is 65.3 Å². The number of oxazole rings is 1. The summed E-state index contributed by atoms with van der Waals surface area (Å²) in [6.45, 7) is 4.23. The lowest BCUT2D eigenvalue weighted by molar-refractivity contribution is -0.137. The number of hydrogen-bond donors (Lipinski definition) is 1. The van der Waals surface area contributed by atoms with Crippen molar-refractivity contribution >= 4 is 11.6 Å². The van der Waals surface area contributed by atoms with Crippen molar-refractivity contribution in [2.24, 2.45) is 0 Å². The Morgan fingerprint density at radius 2 is 1.81 bits per heavy atom. The topological polar surface area (TPSA) is 73.0 Å². The molecule has 0 radical (unpaired) electrons. The van der Waals surface area contributed by atoms with Crippen molar-refractivity contribution in [1.29, 1.82) is 0 Å². The van der Waals surface area contributed by atoms with E-state index in [1.54, 1.807) is 35.1 Å². The average molecular weight is 440 g/mol. The number of anilines is 1. The van der Waals surface area contributed by atoms with Gasteiger partial charge in [-0.05, 0) is 55.8 Å². The summed E-state index contributed by atoms with van der Waals surface area (Å²) in [7, 11) is 0. The molecule has 0 fully saturated rings. The van der Waals surface area contributed by atoms with Crippen molar-refractivity contribution in [3.8, 4) is 11.5 Å². The molecule has 4 rings (SSSR count). The molecular weight excluding hydrogens is 421 g/mol. The van der Waals surface area contributed by atoms with Crippen LogP contribution in [0.2, 0.25) is 0 Å². The zero-order valence-electron chi connectivity index (χ0n) is 17.3. The number of aryl methyl sites for hydroxylation is 2. The normalized spacial score (nSPS) is 11.5. The predicted octanol–water partition coefficient (Wildman–Crippen LogP) is 5.47. The molecule has 0 bridgehead atoms. The van der Waals surface area contributed by atoms with Crippen LogP contribution in [-0.4, -0.2) is 20.7 Å². The third kappa shape index (κ3) is 4.56. The summed E-state index contributed by atoms with van der Waals surface area (Å²) in [4.78, 5) is 16.9. The molecule has 0 unspecified atom stereocenters. The first-order valence-electron chi connectivity index (χ1n) is 9.74. The molecule has 0 aliphatic heterocycles. The van der Waals surface area contributed by atoms with Crippen LogP contribution in [0.1, 0.15) is 32.9 Å². The van der Waals surface area contributed by atoms with Gasteiger partial charge in [0, 0.05) is 17.4 Å². The van der Waals surface area contributed by atoms with E-state index in [0.29, 0.717) is 29.4 Å². The molecule has 2 aromatic carbocycles. The minimum Gasteiger partial charge on any atom is -0.441 e. The van der Waals surface area contributed by atoms with E-state index in [4.69, 9.17) is 4.42 Å². The van der Waals surface area contributed by atoms with E-state index in [2.05, 4.69) is 15.4 Å². The molecule has 0 saturated heterocycles. The van der Waals surface area contributed by atoms with Crippen LogP contribution in [0.25, 0.3) is 11.5 Å². The summed E-state index contributed by atoms with van der Waals surface area (Å²) in [5.74, 6) is 0.227. The molecule has 2 aromatic heterocycles. The summed E-state index contributed by atoms with van der Waals surface area (Å²) < 4.78 is 47.0. The average Bonchev–Trinajstić information content (AvgIpc) is 3.33. The van der Waals surface area contributed by atoms with Gasteiger partial charge >= 0.3 is 6.18 Å². The maximum Gasteiger partial charge on any atom is 0.417 e. The van der Waals surface area contributed by atoms with Gasteiger partial charge in [0.05, 0.1) is 23.9 Å². The van der Waals surface area contributed by atoms with Crippen molar-refractivity contribution in [2.45, 2.75) is 26.6 Å². The van der Waals surface area contributed by atoms with Crippen LogP contribution < -0.4 is 5.32 Å². The van der Waals surface area contributed by atoms with E-state index in [1.807, 2.05) is 20.0 Å². The van der Waals surface area contributed by atoms with Crippen molar-refractivity contribution in [1.82, 2.24) is 14.8 Å². The van der Waals surface area contributed by atoms with Crippen LogP contribution in [0, 0.1) is 13.8 Å². The number of halogens is 3. The molecule has 0 atom stereocenters. The molecule has 0 saturated carbocycles. The monoisotopic (exact) mass is 440 g/mol. The quantitative estimate of drug-likeness (QED) is 0.446. The number of amides is 1. The van der Waals surface area contributed by atoms with Gasteiger partial charge in [0.15, 0.2) is 0 Å². The number of benzene rings is 2. The lowest BCUT2D eigenvalue weighted by Gasteiger charge is -2.12. The van der Waals surface area contributed by atoms with E-state index in [-0.39, 0.29) is 0 Å². The first-order valence-corrected chi connectivity index (χ1v) is 9.74. The smallest absolute Gasteiger partial charge is 0.417 e. The van der Waals surface area contributed by atoms with Gasteiger partial charge in [0.2, 0.25) is 5.89 Å². The highest BCUT2D eigenvalue weighted by atomic mass is 19.4. The molecule has 0 aliphatic rings. The number of carbonyl (C=O) groups is 1. The number of carbonyl (C=O) groups excluding carboxylic acids is 1. The fourth-order valence-corrected chi connectivity index (χ4v) is 3.23. The lowest BCUT2D eigenvalue weighted by atomic mass is 10.1. The molecular formula is C23H19F3N4O2. The van der Waals surface area contributed by atoms with Crippen LogP contribution >= 0.6 is 0 Å². The molecule has 164 valence electrons. The molecule has 6 nitrogen and oxygen atoms in total. The van der Waals surface area contributed by atoms with Gasteiger partial charge in [0.25, 0.3) is 5.91 Å². The molecule has 0 spiro atoms. The van der Waals surface area contributed by atoms with Crippen LogP contribution in [0.5, 0.6) is 0 Å². The number of rotatable bonds is 5. The lowest BCUT2D eigenvalue weighted by Crippen LogP contribution is -2.18. The summed E-state index contributed by atoms with van der Waals surface area (Å²) in [6, 6.07) is 11.2. The first-order chi connectivity index (χ1) is 15.2. The summed E-state index contributed by atoms with van der Waals surface area (Å²) in [5.41, 5.74) is 1.39. The number of nitrogens with zero attached hydrogens (tertiary/aromatic N) is 3. The molecule has 1 amide bonds. The molecule has 2 heterocycles. The number of aromatic nitrogens is 3. The van der Waals surface area contributed by atoms with Gasteiger partial charge in [-0.3, -0.25) is 9.48 Å². The fraction of sp³-hybridized carbons (Fsp3) is 0.174. The van der Waals surface area contributed by atoms with Crippen LogP contribution in [-0.2, 0) is 12.7 Å². The van der Waals surface area contributed by atoms with Crippen LogP contribution in [0.4, 0.5) is 18.9 Å². The SMILES string of the molecule is Cc1cnn(Cc2nc(-c3ccc(NC(=O)c4ccccc4C(F)(F)F)cc3)oc2C)c1. The van der Waals surface area contributed by atoms with E-state index in [1.165, 1.54) is 12.1 Å². The maximum atomic E-state index is 13.2. The maximum absolute atomic E-state index is 13.2. The third-order valence-corrected chi connectivity index (χ3v) is 4.83. The second-order valence-electron chi connectivity index (χ2n) is 7.31. The number of hydrogen-bond acceptors (Lipinski definition) is 4. The van der Waals surface area contributed by atoms with Gasteiger partial charge in [-0.25, -0.2) is 4.98 Å². The van der Waals surface area contributed by atoms with Crippen molar-refractivity contribution < 1.29 is 22.4 Å². The molecule has 9 heteroatoms. The van der Waals surface area contributed by atoms with E-state index >= 15 is 0 Å². The summed E-state index contributed by atoms with van der Waals surface area (Å²) in [6.07, 6.45) is -0.953. The van der Waals surface area contributed by atoms with Gasteiger partial charge in [-0.2, -0.15) is 18.3 Å². The molecule has 0 aliphatic carbocycles. The second kappa shape index (κ2) is 8.33. The Morgan fingerprint density at radius 3 is 2.47 bits per heavy atom. The fourth-order valence-electron chi connectivity index (χ4n) is 3.23. The minimum atomic E-state index is -4.62. The van der Waals surface area contributed by atoms with Gasteiger partial charge in [0.1, 0.15) is 11.5 Å². The van der Waals surface area contributed by atoms with Gasteiger partial charge in [-0.1, -0.05) is 12.1 Å². The third-order valence-electron chi connectivity index (χ3n) is 4.83. The minimum absolute atomic E-state index is 0.353.